The average Bonchev–Trinajstić information content (AvgIpc) is 2.71. The Morgan fingerprint density at radius 2 is 2.47 bits per heavy atom. The number of amides is 1. The molecule has 0 aromatic carbocycles. The normalized spacial score (nSPS) is 10.2. The number of nitrogens with zero attached hydrogens (tertiary/aromatic N) is 2. The molecule has 0 spiro atoms. The van der Waals surface area contributed by atoms with E-state index < -0.39 is 0 Å². The highest BCUT2D eigenvalue weighted by molar-refractivity contribution is 5.77. The first-order valence-electron chi connectivity index (χ1n) is 4.85. The van der Waals surface area contributed by atoms with Crippen LogP contribution in [0, 0.1) is 0 Å². The molecule has 0 aliphatic rings. The van der Waals surface area contributed by atoms with Crippen LogP contribution in [0.5, 0.6) is 0 Å². The van der Waals surface area contributed by atoms with Gasteiger partial charge in [0.1, 0.15) is 6.61 Å². The van der Waals surface area contributed by atoms with Gasteiger partial charge in [0.15, 0.2) is 0 Å². The van der Waals surface area contributed by atoms with Gasteiger partial charge in [0.25, 0.3) is 0 Å². The van der Waals surface area contributed by atoms with Gasteiger partial charge in [-0.25, -0.2) is 0 Å². The molecule has 1 amide bonds. The molecule has 1 rings (SSSR count). The average molecular weight is 212 g/mol. The van der Waals surface area contributed by atoms with E-state index in [4.69, 9.17) is 10.5 Å². The van der Waals surface area contributed by atoms with Crippen LogP contribution in [-0.2, 0) is 16.1 Å². The zero-order chi connectivity index (χ0) is 10.9. The summed E-state index contributed by atoms with van der Waals surface area (Å²) in [6, 6.07) is 1.84. The third-order valence-corrected chi connectivity index (χ3v) is 1.72. The van der Waals surface area contributed by atoms with Gasteiger partial charge in [0.2, 0.25) is 5.91 Å². The van der Waals surface area contributed by atoms with E-state index in [0.717, 1.165) is 0 Å². The number of nitrogens with two attached hydrogens (primary N) is 1. The fraction of sp³-hybridized carbons (Fsp3) is 0.556. The Morgan fingerprint density at radius 3 is 3.13 bits per heavy atom. The third kappa shape index (κ3) is 5.14. The lowest BCUT2D eigenvalue weighted by atomic mass is 10.5. The molecule has 0 aliphatic heterocycles. The number of hydrogen-bond acceptors (Lipinski definition) is 4. The molecule has 6 heteroatoms. The zero-order valence-electron chi connectivity index (χ0n) is 8.56. The summed E-state index contributed by atoms with van der Waals surface area (Å²) >= 11 is 0. The van der Waals surface area contributed by atoms with Crippen molar-refractivity contribution in [1.82, 2.24) is 15.1 Å². The molecule has 1 heterocycles. The highest BCUT2D eigenvalue weighted by Gasteiger charge is 1.99. The molecular formula is C9H16N4O2. The number of hydrogen-bond donors (Lipinski definition) is 2. The lowest BCUT2D eigenvalue weighted by molar-refractivity contribution is -0.125. The summed E-state index contributed by atoms with van der Waals surface area (Å²) in [6.45, 7) is 2.12. The second kappa shape index (κ2) is 6.97. The summed E-state index contributed by atoms with van der Waals surface area (Å²) in [5.41, 5.74) is 5.21. The maximum absolute atomic E-state index is 11.1. The summed E-state index contributed by atoms with van der Waals surface area (Å²) < 4.78 is 6.72. The number of nitrogens with one attached hydrogen (secondary N) is 1. The minimum atomic E-state index is -0.129. The lowest BCUT2D eigenvalue weighted by Gasteiger charge is -2.05. The van der Waals surface area contributed by atoms with Gasteiger partial charge in [-0.05, 0) is 6.07 Å². The number of ether oxygens (including phenoxy) is 1. The molecule has 84 valence electrons. The monoisotopic (exact) mass is 212 g/mol. The van der Waals surface area contributed by atoms with Gasteiger partial charge in [-0.3, -0.25) is 9.48 Å². The van der Waals surface area contributed by atoms with Crippen LogP contribution in [0.15, 0.2) is 18.5 Å². The quantitative estimate of drug-likeness (QED) is 0.566. The number of carbonyl (C=O) groups excluding carboxylic acids is 1. The van der Waals surface area contributed by atoms with Crippen molar-refractivity contribution in [3.05, 3.63) is 18.5 Å². The van der Waals surface area contributed by atoms with Crippen molar-refractivity contribution >= 4 is 5.91 Å². The fourth-order valence-electron chi connectivity index (χ4n) is 1.04. The molecule has 1 aromatic rings. The largest absolute Gasteiger partial charge is 0.370 e. The summed E-state index contributed by atoms with van der Waals surface area (Å²) in [6.07, 6.45) is 3.54. The Morgan fingerprint density at radius 1 is 1.60 bits per heavy atom. The predicted molar refractivity (Wildman–Crippen MR) is 55.1 cm³/mol. The third-order valence-electron chi connectivity index (χ3n) is 1.72. The number of carbonyl (C=O) groups is 1. The summed E-state index contributed by atoms with van der Waals surface area (Å²) in [5, 5.41) is 6.72. The van der Waals surface area contributed by atoms with Crippen LogP contribution in [-0.4, -0.2) is 42.0 Å². The second-order valence-corrected chi connectivity index (χ2v) is 2.96. The van der Waals surface area contributed by atoms with E-state index in [9.17, 15) is 4.79 Å². The summed E-state index contributed by atoms with van der Waals surface area (Å²) in [4.78, 5) is 11.1. The molecule has 1 aromatic heterocycles. The first-order chi connectivity index (χ1) is 7.33. The molecule has 0 fully saturated rings. The Hall–Kier alpha value is -1.40. The van der Waals surface area contributed by atoms with E-state index >= 15 is 0 Å². The molecule has 15 heavy (non-hydrogen) atoms. The van der Waals surface area contributed by atoms with E-state index in [0.29, 0.717) is 26.2 Å². The van der Waals surface area contributed by atoms with Crippen molar-refractivity contribution < 1.29 is 9.53 Å². The van der Waals surface area contributed by atoms with Crippen LogP contribution in [0.3, 0.4) is 0 Å². The maximum Gasteiger partial charge on any atom is 0.246 e. The molecule has 0 saturated heterocycles. The van der Waals surface area contributed by atoms with Gasteiger partial charge in [-0.1, -0.05) is 0 Å². The van der Waals surface area contributed by atoms with Crippen molar-refractivity contribution in [3.63, 3.8) is 0 Å². The topological polar surface area (TPSA) is 82.2 Å². The van der Waals surface area contributed by atoms with Crippen LogP contribution in [0.25, 0.3) is 0 Å². The van der Waals surface area contributed by atoms with Crippen LogP contribution in [0.4, 0.5) is 0 Å². The molecule has 0 unspecified atom stereocenters. The molecule has 6 nitrogen and oxygen atoms in total. The lowest BCUT2D eigenvalue weighted by Crippen LogP contribution is -2.31. The predicted octanol–water partition coefficient (Wildman–Crippen LogP) is -1.03. The van der Waals surface area contributed by atoms with Gasteiger partial charge in [0, 0.05) is 25.5 Å². The highest BCUT2D eigenvalue weighted by atomic mass is 16.5. The maximum atomic E-state index is 11.1. The van der Waals surface area contributed by atoms with Gasteiger partial charge < -0.3 is 15.8 Å². The molecular weight excluding hydrogens is 196 g/mol. The van der Waals surface area contributed by atoms with Crippen LogP contribution in [0.2, 0.25) is 0 Å². The highest BCUT2D eigenvalue weighted by Crippen LogP contribution is 1.82. The van der Waals surface area contributed by atoms with Crippen molar-refractivity contribution in [2.75, 3.05) is 26.3 Å². The van der Waals surface area contributed by atoms with Crippen molar-refractivity contribution in [2.45, 2.75) is 6.54 Å². The minimum absolute atomic E-state index is 0.0658. The second-order valence-electron chi connectivity index (χ2n) is 2.96. The van der Waals surface area contributed by atoms with E-state index in [1.807, 2.05) is 12.3 Å². The van der Waals surface area contributed by atoms with Gasteiger partial charge in [-0.2, -0.15) is 5.10 Å². The van der Waals surface area contributed by atoms with E-state index in [1.54, 1.807) is 10.9 Å². The summed E-state index contributed by atoms with van der Waals surface area (Å²) in [7, 11) is 0. The number of aromatic nitrogens is 2. The molecule has 0 radical (unpaired) electrons. The Balaban J connectivity index is 2.02. The standard InChI is InChI=1S/C9H16N4O2/c10-2-7-15-8-9(14)11-4-6-13-5-1-3-12-13/h1,3,5H,2,4,6-8,10H2,(H,11,14). The molecule has 3 N–H and O–H groups in total. The van der Waals surface area contributed by atoms with Crippen molar-refractivity contribution in [1.29, 1.82) is 0 Å². The Labute approximate surface area is 88.4 Å². The number of rotatable bonds is 7. The fourth-order valence-corrected chi connectivity index (χ4v) is 1.04. The minimum Gasteiger partial charge on any atom is -0.370 e. The smallest absolute Gasteiger partial charge is 0.246 e. The summed E-state index contributed by atoms with van der Waals surface area (Å²) in [5.74, 6) is -0.129. The van der Waals surface area contributed by atoms with Gasteiger partial charge >= 0.3 is 0 Å². The first kappa shape index (κ1) is 11.7. The van der Waals surface area contributed by atoms with Gasteiger partial charge in [0.05, 0.1) is 13.2 Å². The van der Waals surface area contributed by atoms with Crippen molar-refractivity contribution in [2.24, 2.45) is 5.73 Å². The van der Waals surface area contributed by atoms with Crippen LogP contribution >= 0.6 is 0 Å². The van der Waals surface area contributed by atoms with Crippen LogP contribution < -0.4 is 11.1 Å². The molecule has 0 atom stereocenters. The van der Waals surface area contributed by atoms with E-state index in [2.05, 4.69) is 10.4 Å². The van der Waals surface area contributed by atoms with E-state index in [1.165, 1.54) is 0 Å². The SMILES string of the molecule is NCCOCC(=O)NCCn1cccn1. The Kier molecular flexibility index (Phi) is 5.42. The van der Waals surface area contributed by atoms with Gasteiger partial charge in [-0.15, -0.1) is 0 Å². The molecule has 0 aliphatic carbocycles. The van der Waals surface area contributed by atoms with Crippen molar-refractivity contribution in [3.8, 4) is 0 Å². The first-order valence-corrected chi connectivity index (χ1v) is 4.85. The van der Waals surface area contributed by atoms with E-state index in [-0.39, 0.29) is 12.5 Å². The van der Waals surface area contributed by atoms with Crippen LogP contribution in [0.1, 0.15) is 0 Å². The Bertz CT molecular complexity index is 274. The zero-order valence-corrected chi connectivity index (χ0v) is 8.56. The molecule has 0 bridgehead atoms. The molecule has 0 saturated carbocycles.